The van der Waals surface area contributed by atoms with Crippen molar-refractivity contribution >= 4 is 0 Å². The van der Waals surface area contributed by atoms with E-state index in [0.717, 1.165) is 6.54 Å². The van der Waals surface area contributed by atoms with Gasteiger partial charge in [0.2, 0.25) is 0 Å². The average molecular weight is 226 g/mol. The van der Waals surface area contributed by atoms with Crippen LogP contribution in [-0.2, 0) is 0 Å². The van der Waals surface area contributed by atoms with Gasteiger partial charge < -0.3 is 4.48 Å². The molecular formula is C15H32N+. The third-order valence-electron chi connectivity index (χ3n) is 3.42. The molecular weight excluding hydrogens is 194 g/mol. The first kappa shape index (κ1) is 15.7. The highest BCUT2D eigenvalue weighted by molar-refractivity contribution is 4.65. The minimum atomic E-state index is 1.13. The smallest absolute Gasteiger partial charge is 0.0969 e. The summed E-state index contributed by atoms with van der Waals surface area (Å²) in [7, 11) is 2.39. The molecule has 0 aliphatic rings. The van der Waals surface area contributed by atoms with Crippen LogP contribution in [0, 0.1) is 0 Å². The van der Waals surface area contributed by atoms with Gasteiger partial charge in [0.1, 0.15) is 0 Å². The molecule has 16 heavy (non-hydrogen) atoms. The molecule has 0 amide bonds. The largest absolute Gasteiger partial charge is 0.323 e. The Bertz CT molecular complexity index is 165. The molecule has 1 heteroatoms. The molecule has 0 rings (SSSR count). The van der Waals surface area contributed by atoms with E-state index in [-0.39, 0.29) is 0 Å². The van der Waals surface area contributed by atoms with Crippen LogP contribution in [0.15, 0.2) is 12.7 Å². The number of unbranched alkanes of at least 4 members (excludes halogenated alkanes) is 5. The van der Waals surface area contributed by atoms with Crippen molar-refractivity contribution in [3.63, 3.8) is 0 Å². The quantitative estimate of drug-likeness (QED) is 0.278. The Kier molecular flexibility index (Phi) is 9.71. The zero-order chi connectivity index (χ0) is 12.3. The zero-order valence-corrected chi connectivity index (χ0v) is 11.8. The molecule has 0 fully saturated rings. The maximum absolute atomic E-state index is 3.90. The van der Waals surface area contributed by atoms with Crippen LogP contribution in [0.25, 0.3) is 0 Å². The molecule has 0 saturated carbocycles. The van der Waals surface area contributed by atoms with E-state index in [1.54, 1.807) is 0 Å². The second kappa shape index (κ2) is 9.89. The molecule has 0 saturated heterocycles. The molecule has 0 aromatic carbocycles. The van der Waals surface area contributed by atoms with E-state index in [4.69, 9.17) is 0 Å². The molecule has 96 valence electrons. The second-order valence-electron chi connectivity index (χ2n) is 5.31. The van der Waals surface area contributed by atoms with E-state index in [1.165, 1.54) is 62.5 Å². The van der Waals surface area contributed by atoms with Gasteiger partial charge in [-0.05, 0) is 31.8 Å². The monoisotopic (exact) mass is 226 g/mol. The predicted molar refractivity (Wildman–Crippen MR) is 74.6 cm³/mol. The average Bonchev–Trinajstić information content (AvgIpc) is 2.25. The molecule has 1 nitrogen and oxygen atoms in total. The van der Waals surface area contributed by atoms with E-state index in [1.807, 2.05) is 0 Å². The van der Waals surface area contributed by atoms with Crippen LogP contribution in [0.3, 0.4) is 0 Å². The number of hydrogen-bond donors (Lipinski definition) is 0. The van der Waals surface area contributed by atoms with Crippen LogP contribution in [0.1, 0.15) is 58.8 Å². The lowest BCUT2D eigenvalue weighted by Gasteiger charge is -2.33. The van der Waals surface area contributed by atoms with Crippen molar-refractivity contribution in [2.45, 2.75) is 58.8 Å². The summed E-state index contributed by atoms with van der Waals surface area (Å²) in [6.45, 7) is 12.2. The Labute approximate surface area is 103 Å². The first-order valence-electron chi connectivity index (χ1n) is 7.13. The Morgan fingerprint density at radius 1 is 0.875 bits per heavy atom. The lowest BCUT2D eigenvalue weighted by atomic mass is 10.1. The normalized spacial score (nSPS) is 14.7. The van der Waals surface area contributed by atoms with Gasteiger partial charge in [-0.25, -0.2) is 0 Å². The van der Waals surface area contributed by atoms with Gasteiger partial charge >= 0.3 is 0 Å². The Hall–Kier alpha value is -0.300. The van der Waals surface area contributed by atoms with E-state index in [0.29, 0.717) is 0 Å². The van der Waals surface area contributed by atoms with Crippen molar-refractivity contribution in [2.75, 3.05) is 26.7 Å². The minimum absolute atomic E-state index is 1.13. The second-order valence-corrected chi connectivity index (χ2v) is 5.31. The summed E-state index contributed by atoms with van der Waals surface area (Å²) < 4.78 is 1.20. The van der Waals surface area contributed by atoms with Gasteiger partial charge in [0.15, 0.2) is 0 Å². The van der Waals surface area contributed by atoms with Crippen LogP contribution in [0.2, 0.25) is 0 Å². The van der Waals surface area contributed by atoms with Gasteiger partial charge in [0.25, 0.3) is 0 Å². The van der Waals surface area contributed by atoms with Crippen molar-refractivity contribution in [1.29, 1.82) is 0 Å². The van der Waals surface area contributed by atoms with Crippen LogP contribution in [-0.4, -0.2) is 31.2 Å². The van der Waals surface area contributed by atoms with Crippen LogP contribution >= 0.6 is 0 Å². The van der Waals surface area contributed by atoms with Gasteiger partial charge in [-0.2, -0.15) is 0 Å². The molecule has 0 spiro atoms. The number of quaternary nitrogens is 1. The Morgan fingerprint density at radius 2 is 1.38 bits per heavy atom. The number of nitrogens with zero attached hydrogens (tertiary/aromatic N) is 1. The molecule has 0 aromatic heterocycles. The first-order valence-corrected chi connectivity index (χ1v) is 7.13. The highest BCUT2D eigenvalue weighted by Gasteiger charge is 2.18. The summed E-state index contributed by atoms with van der Waals surface area (Å²) in [5, 5.41) is 0. The zero-order valence-electron chi connectivity index (χ0n) is 11.8. The van der Waals surface area contributed by atoms with Crippen LogP contribution in [0.5, 0.6) is 0 Å². The summed E-state index contributed by atoms with van der Waals surface area (Å²) in [5.74, 6) is 0. The summed E-state index contributed by atoms with van der Waals surface area (Å²) in [6.07, 6.45) is 11.7. The Morgan fingerprint density at radius 3 is 1.88 bits per heavy atom. The van der Waals surface area contributed by atoms with Crippen LogP contribution in [0.4, 0.5) is 0 Å². The minimum Gasteiger partial charge on any atom is -0.323 e. The number of hydrogen-bond acceptors (Lipinski definition) is 0. The topological polar surface area (TPSA) is 0 Å². The Balaban J connectivity index is 3.85. The predicted octanol–water partition coefficient (Wildman–Crippen LogP) is 4.39. The molecule has 0 heterocycles. The third kappa shape index (κ3) is 7.92. The third-order valence-corrected chi connectivity index (χ3v) is 3.42. The van der Waals surface area contributed by atoms with Crippen LogP contribution < -0.4 is 0 Å². The van der Waals surface area contributed by atoms with E-state index < -0.39 is 0 Å². The lowest BCUT2D eigenvalue weighted by Crippen LogP contribution is -2.45. The molecule has 1 atom stereocenters. The molecule has 0 aliphatic carbocycles. The van der Waals surface area contributed by atoms with E-state index >= 15 is 0 Å². The molecule has 1 unspecified atom stereocenters. The summed E-state index contributed by atoms with van der Waals surface area (Å²) in [6, 6.07) is 0. The fourth-order valence-electron chi connectivity index (χ4n) is 2.27. The number of rotatable bonds is 11. The van der Waals surface area contributed by atoms with Crippen molar-refractivity contribution in [3.8, 4) is 0 Å². The molecule has 0 aliphatic heterocycles. The fraction of sp³-hybridized carbons (Fsp3) is 0.867. The van der Waals surface area contributed by atoms with Crippen molar-refractivity contribution < 1.29 is 4.48 Å². The van der Waals surface area contributed by atoms with Gasteiger partial charge in [-0.15, -0.1) is 0 Å². The molecule has 0 bridgehead atoms. The maximum Gasteiger partial charge on any atom is 0.0969 e. The van der Waals surface area contributed by atoms with Crippen molar-refractivity contribution in [3.05, 3.63) is 12.7 Å². The van der Waals surface area contributed by atoms with Crippen molar-refractivity contribution in [2.24, 2.45) is 0 Å². The fourth-order valence-corrected chi connectivity index (χ4v) is 2.27. The van der Waals surface area contributed by atoms with E-state index in [2.05, 4.69) is 33.6 Å². The summed E-state index contributed by atoms with van der Waals surface area (Å²) in [5.41, 5.74) is 0. The van der Waals surface area contributed by atoms with Gasteiger partial charge in [0, 0.05) is 0 Å². The highest BCUT2D eigenvalue weighted by atomic mass is 15.3. The standard InChI is InChI=1S/C15H32N/c1-5-8-10-12-15-16(4,13-7-3)14-11-9-6-2/h7H,3,5-6,8-15H2,1-2,4H3/q+1. The molecule has 0 N–H and O–H groups in total. The summed E-state index contributed by atoms with van der Waals surface area (Å²) >= 11 is 0. The highest BCUT2D eigenvalue weighted by Crippen LogP contribution is 2.11. The number of likely N-dealkylation sites (N-methyl/N-ethyl adjacent to an activating group) is 1. The summed E-state index contributed by atoms with van der Waals surface area (Å²) in [4.78, 5) is 0. The first-order chi connectivity index (χ1) is 7.68. The maximum atomic E-state index is 3.90. The molecule has 0 radical (unpaired) electrons. The van der Waals surface area contributed by atoms with Gasteiger partial charge in [-0.3, -0.25) is 0 Å². The lowest BCUT2D eigenvalue weighted by molar-refractivity contribution is -0.904. The SMILES string of the molecule is C=CC[N+](C)(CCCCC)CCCCCC. The van der Waals surface area contributed by atoms with Crippen molar-refractivity contribution in [1.82, 2.24) is 0 Å². The van der Waals surface area contributed by atoms with Gasteiger partial charge in [-0.1, -0.05) is 39.7 Å². The molecule has 0 aromatic rings. The van der Waals surface area contributed by atoms with Gasteiger partial charge in [0.05, 0.1) is 26.7 Å². The van der Waals surface area contributed by atoms with E-state index in [9.17, 15) is 0 Å².